The number of rotatable bonds is 3. The van der Waals surface area contributed by atoms with Gasteiger partial charge in [-0.25, -0.2) is 0 Å². The zero-order chi connectivity index (χ0) is 12.4. The van der Waals surface area contributed by atoms with Crippen LogP contribution in [0.4, 0.5) is 0 Å². The van der Waals surface area contributed by atoms with Gasteiger partial charge >= 0.3 is 0 Å². The fourth-order valence-electron chi connectivity index (χ4n) is 1.06. The van der Waals surface area contributed by atoms with E-state index in [2.05, 4.69) is 33.9 Å². The lowest BCUT2D eigenvalue weighted by molar-refractivity contribution is 0.276. The summed E-state index contributed by atoms with van der Waals surface area (Å²) in [4.78, 5) is 0. The van der Waals surface area contributed by atoms with Crippen LogP contribution in [0.2, 0.25) is 23.2 Å². The van der Waals surface area contributed by atoms with Gasteiger partial charge in [0.15, 0.2) is 8.32 Å². The minimum atomic E-state index is -1.63. The van der Waals surface area contributed by atoms with Crippen LogP contribution >= 0.6 is 11.6 Å². The first-order valence-electron chi connectivity index (χ1n) is 5.61. The van der Waals surface area contributed by atoms with E-state index in [-0.39, 0.29) is 5.04 Å². The first kappa shape index (κ1) is 13.8. The Morgan fingerprint density at radius 2 is 1.62 bits per heavy atom. The lowest BCUT2D eigenvalue weighted by Crippen LogP contribution is -2.40. The van der Waals surface area contributed by atoms with Gasteiger partial charge in [0.2, 0.25) is 0 Å². The van der Waals surface area contributed by atoms with Crippen molar-refractivity contribution in [2.24, 2.45) is 0 Å². The molecule has 0 aliphatic rings. The van der Waals surface area contributed by atoms with E-state index in [1.807, 2.05) is 24.3 Å². The Hall–Kier alpha value is -0.313. The van der Waals surface area contributed by atoms with Gasteiger partial charge in [-0.05, 0) is 35.8 Å². The smallest absolute Gasteiger partial charge is 0.192 e. The number of hydrogen-bond acceptors (Lipinski definition) is 1. The van der Waals surface area contributed by atoms with Crippen LogP contribution < -0.4 is 0 Å². The van der Waals surface area contributed by atoms with E-state index < -0.39 is 8.32 Å². The highest BCUT2D eigenvalue weighted by Crippen LogP contribution is 2.37. The zero-order valence-corrected chi connectivity index (χ0v) is 12.6. The van der Waals surface area contributed by atoms with Crippen molar-refractivity contribution < 1.29 is 4.43 Å². The number of hydrogen-bond donors (Lipinski definition) is 0. The monoisotopic (exact) mass is 256 g/mol. The second kappa shape index (κ2) is 4.90. The van der Waals surface area contributed by atoms with Crippen LogP contribution in [0.5, 0.6) is 0 Å². The molecule has 1 nitrogen and oxygen atoms in total. The van der Waals surface area contributed by atoms with E-state index in [0.717, 1.165) is 5.02 Å². The summed E-state index contributed by atoms with van der Waals surface area (Å²) in [6, 6.07) is 7.86. The summed E-state index contributed by atoms with van der Waals surface area (Å²) in [5.74, 6) is 0. The molecule has 0 unspecified atom stereocenters. The van der Waals surface area contributed by atoms with Crippen molar-refractivity contribution in [3.05, 3.63) is 34.9 Å². The minimum absolute atomic E-state index is 0.263. The fourth-order valence-corrected chi connectivity index (χ4v) is 2.15. The van der Waals surface area contributed by atoms with Gasteiger partial charge in [-0.2, -0.15) is 0 Å². The van der Waals surface area contributed by atoms with Gasteiger partial charge in [-0.15, -0.1) is 0 Å². The Balaban J connectivity index is 2.61. The van der Waals surface area contributed by atoms with Crippen LogP contribution in [-0.2, 0) is 11.0 Å². The summed E-state index contributed by atoms with van der Waals surface area (Å²) in [6.45, 7) is 12.0. The first-order chi connectivity index (χ1) is 7.22. The van der Waals surface area contributed by atoms with Crippen LogP contribution in [0.1, 0.15) is 26.3 Å². The topological polar surface area (TPSA) is 9.23 Å². The molecular formula is C13H21ClOSi. The van der Waals surface area contributed by atoms with Crippen LogP contribution in [-0.4, -0.2) is 8.32 Å². The summed E-state index contributed by atoms with van der Waals surface area (Å²) in [5, 5.41) is 1.04. The Labute approximate surface area is 105 Å². The van der Waals surface area contributed by atoms with Gasteiger partial charge in [0.1, 0.15) is 0 Å². The maximum Gasteiger partial charge on any atom is 0.192 e. The van der Waals surface area contributed by atoms with E-state index >= 15 is 0 Å². The van der Waals surface area contributed by atoms with E-state index in [0.29, 0.717) is 6.61 Å². The molecule has 0 saturated carbocycles. The Morgan fingerprint density at radius 3 is 2.06 bits per heavy atom. The van der Waals surface area contributed by atoms with Crippen LogP contribution in [0.3, 0.4) is 0 Å². The number of benzene rings is 1. The van der Waals surface area contributed by atoms with Crippen molar-refractivity contribution in [2.75, 3.05) is 0 Å². The van der Waals surface area contributed by atoms with E-state index in [4.69, 9.17) is 16.0 Å². The summed E-state index contributed by atoms with van der Waals surface area (Å²) < 4.78 is 6.12. The maximum atomic E-state index is 6.12. The van der Waals surface area contributed by atoms with Crippen molar-refractivity contribution >= 4 is 19.9 Å². The molecule has 0 radical (unpaired) electrons. The molecule has 16 heavy (non-hydrogen) atoms. The molecule has 1 rings (SSSR count). The predicted octanol–water partition coefficient (Wildman–Crippen LogP) is 4.86. The van der Waals surface area contributed by atoms with Gasteiger partial charge in [-0.3, -0.25) is 0 Å². The molecule has 0 saturated heterocycles. The Morgan fingerprint density at radius 1 is 1.12 bits per heavy atom. The van der Waals surface area contributed by atoms with E-state index in [9.17, 15) is 0 Å². The van der Waals surface area contributed by atoms with Crippen molar-refractivity contribution in [3.63, 3.8) is 0 Å². The van der Waals surface area contributed by atoms with Crippen molar-refractivity contribution in [1.29, 1.82) is 0 Å². The lowest BCUT2D eigenvalue weighted by Gasteiger charge is -2.36. The highest BCUT2D eigenvalue weighted by molar-refractivity contribution is 6.74. The molecule has 0 N–H and O–H groups in total. The normalized spacial score (nSPS) is 12.9. The molecule has 0 aliphatic heterocycles. The van der Waals surface area contributed by atoms with Gasteiger partial charge in [-0.1, -0.05) is 44.5 Å². The molecule has 0 atom stereocenters. The third kappa shape index (κ3) is 3.61. The largest absolute Gasteiger partial charge is 0.413 e. The van der Waals surface area contributed by atoms with Crippen LogP contribution in [0.15, 0.2) is 24.3 Å². The van der Waals surface area contributed by atoms with Crippen LogP contribution in [0, 0.1) is 0 Å². The van der Waals surface area contributed by atoms with Gasteiger partial charge in [0.05, 0.1) is 6.61 Å². The average molecular weight is 257 g/mol. The summed E-state index contributed by atoms with van der Waals surface area (Å²) in [7, 11) is -1.63. The average Bonchev–Trinajstić information content (AvgIpc) is 2.15. The SMILES string of the molecule is CC(C)(C)[Si](C)(C)OCc1ccc(Cl)cc1. The predicted molar refractivity (Wildman–Crippen MR) is 73.4 cm³/mol. The summed E-state index contributed by atoms with van der Waals surface area (Å²) in [5.41, 5.74) is 1.19. The zero-order valence-electron chi connectivity index (χ0n) is 10.8. The molecular weight excluding hydrogens is 236 g/mol. The summed E-state index contributed by atoms with van der Waals surface area (Å²) in [6.07, 6.45) is 0. The molecule has 90 valence electrons. The second-order valence-electron chi connectivity index (χ2n) is 5.68. The Bertz CT molecular complexity index is 338. The van der Waals surface area contributed by atoms with E-state index in [1.165, 1.54) is 5.56 Å². The molecule has 0 amide bonds. The van der Waals surface area contributed by atoms with Gasteiger partial charge in [0.25, 0.3) is 0 Å². The molecule has 1 aromatic carbocycles. The first-order valence-corrected chi connectivity index (χ1v) is 8.89. The molecule has 0 spiro atoms. The third-order valence-electron chi connectivity index (χ3n) is 3.32. The molecule has 1 aromatic rings. The van der Waals surface area contributed by atoms with Gasteiger partial charge in [0, 0.05) is 5.02 Å². The number of halogens is 1. The molecule has 0 aliphatic carbocycles. The quantitative estimate of drug-likeness (QED) is 0.702. The standard InChI is InChI=1S/C13H21ClOSi/c1-13(2,3)16(4,5)15-10-11-6-8-12(14)9-7-11/h6-9H,10H2,1-5H3. The highest BCUT2D eigenvalue weighted by Gasteiger charge is 2.36. The Kier molecular flexibility index (Phi) is 4.21. The molecule has 0 heterocycles. The summed E-state index contributed by atoms with van der Waals surface area (Å²) >= 11 is 5.84. The second-order valence-corrected chi connectivity index (χ2v) is 10.9. The lowest BCUT2D eigenvalue weighted by atomic mass is 10.2. The molecule has 0 fully saturated rings. The fraction of sp³-hybridized carbons (Fsp3) is 0.538. The van der Waals surface area contributed by atoms with Gasteiger partial charge < -0.3 is 4.43 Å². The maximum absolute atomic E-state index is 6.12. The highest BCUT2D eigenvalue weighted by atomic mass is 35.5. The van der Waals surface area contributed by atoms with Crippen molar-refractivity contribution in [2.45, 2.75) is 45.5 Å². The third-order valence-corrected chi connectivity index (χ3v) is 8.05. The molecule has 0 aromatic heterocycles. The van der Waals surface area contributed by atoms with E-state index in [1.54, 1.807) is 0 Å². The molecule has 3 heteroatoms. The van der Waals surface area contributed by atoms with Crippen molar-refractivity contribution in [1.82, 2.24) is 0 Å². The van der Waals surface area contributed by atoms with Crippen molar-refractivity contribution in [3.8, 4) is 0 Å². The minimum Gasteiger partial charge on any atom is -0.413 e. The van der Waals surface area contributed by atoms with Crippen LogP contribution in [0.25, 0.3) is 0 Å². The molecule has 0 bridgehead atoms.